The van der Waals surface area contributed by atoms with Crippen LogP contribution in [0.15, 0.2) is 41.9 Å². The Labute approximate surface area is 105 Å². The van der Waals surface area contributed by atoms with Gasteiger partial charge in [-0.2, -0.15) is 0 Å². The topological polar surface area (TPSA) is 21.6 Å². The summed E-state index contributed by atoms with van der Waals surface area (Å²) in [6.45, 7) is 3.70. The Hall–Kier alpha value is -0.870. The molecule has 0 aliphatic carbocycles. The SMILES string of the molecule is C=CCSC(=Nc1ccc(OC)cc1)SC. The average molecular weight is 253 g/mol. The molecule has 0 atom stereocenters. The maximum atomic E-state index is 5.09. The Morgan fingerprint density at radius 1 is 1.44 bits per heavy atom. The van der Waals surface area contributed by atoms with Gasteiger partial charge in [0.2, 0.25) is 0 Å². The Morgan fingerprint density at radius 3 is 2.62 bits per heavy atom. The Balaban J connectivity index is 2.73. The smallest absolute Gasteiger partial charge is 0.130 e. The first-order valence-corrected chi connectivity index (χ1v) is 7.01. The van der Waals surface area contributed by atoms with E-state index in [-0.39, 0.29) is 0 Å². The Bertz CT molecular complexity index is 360. The van der Waals surface area contributed by atoms with Gasteiger partial charge in [0.25, 0.3) is 0 Å². The highest BCUT2D eigenvalue weighted by molar-refractivity contribution is 8.38. The summed E-state index contributed by atoms with van der Waals surface area (Å²) in [6, 6.07) is 7.72. The van der Waals surface area contributed by atoms with Crippen molar-refractivity contribution in [2.45, 2.75) is 0 Å². The minimum absolute atomic E-state index is 0.850. The normalized spacial score (nSPS) is 11.2. The molecular weight excluding hydrogens is 238 g/mol. The summed E-state index contributed by atoms with van der Waals surface area (Å²) in [5.41, 5.74) is 0.946. The molecule has 1 aromatic rings. The van der Waals surface area contributed by atoms with Crippen LogP contribution in [0.2, 0.25) is 0 Å². The highest BCUT2D eigenvalue weighted by Gasteiger charge is 1.98. The van der Waals surface area contributed by atoms with Crippen molar-refractivity contribution in [2.24, 2.45) is 4.99 Å². The zero-order valence-electron chi connectivity index (χ0n) is 9.47. The van der Waals surface area contributed by atoms with Crippen LogP contribution in [-0.2, 0) is 0 Å². The van der Waals surface area contributed by atoms with Crippen LogP contribution in [0, 0.1) is 0 Å². The fraction of sp³-hybridized carbons (Fsp3) is 0.250. The van der Waals surface area contributed by atoms with E-state index < -0.39 is 0 Å². The van der Waals surface area contributed by atoms with Gasteiger partial charge >= 0.3 is 0 Å². The number of thioether (sulfide) groups is 2. The zero-order valence-corrected chi connectivity index (χ0v) is 11.1. The molecule has 0 spiro atoms. The number of rotatable bonds is 4. The van der Waals surface area contributed by atoms with Crippen LogP contribution >= 0.6 is 23.5 Å². The predicted molar refractivity (Wildman–Crippen MR) is 76.3 cm³/mol. The quantitative estimate of drug-likeness (QED) is 0.460. The summed E-state index contributed by atoms with van der Waals surface area (Å²) in [7, 11) is 1.66. The lowest BCUT2D eigenvalue weighted by atomic mass is 10.3. The number of methoxy groups -OCH3 is 1. The molecule has 0 unspecified atom stereocenters. The van der Waals surface area contributed by atoms with Gasteiger partial charge in [-0.25, -0.2) is 4.99 Å². The molecule has 4 heteroatoms. The van der Waals surface area contributed by atoms with Crippen molar-refractivity contribution in [1.29, 1.82) is 0 Å². The van der Waals surface area contributed by atoms with Gasteiger partial charge in [-0.15, -0.1) is 18.3 Å². The maximum Gasteiger partial charge on any atom is 0.130 e. The first kappa shape index (κ1) is 13.2. The molecule has 1 aromatic carbocycles. The molecule has 0 aromatic heterocycles. The summed E-state index contributed by atoms with van der Waals surface area (Å²) < 4.78 is 6.14. The van der Waals surface area contributed by atoms with Crippen LogP contribution in [0.25, 0.3) is 0 Å². The summed E-state index contributed by atoms with van der Waals surface area (Å²) in [4.78, 5) is 4.53. The fourth-order valence-electron chi connectivity index (χ4n) is 1.03. The number of ether oxygens (including phenoxy) is 1. The van der Waals surface area contributed by atoms with Crippen molar-refractivity contribution in [1.82, 2.24) is 0 Å². The third kappa shape index (κ3) is 4.33. The number of benzene rings is 1. The van der Waals surface area contributed by atoms with E-state index >= 15 is 0 Å². The van der Waals surface area contributed by atoms with Gasteiger partial charge in [-0.3, -0.25) is 0 Å². The maximum absolute atomic E-state index is 5.09. The lowest BCUT2D eigenvalue weighted by Crippen LogP contribution is -1.85. The lowest BCUT2D eigenvalue weighted by Gasteiger charge is -2.02. The van der Waals surface area contributed by atoms with Crippen molar-refractivity contribution in [3.63, 3.8) is 0 Å². The van der Waals surface area contributed by atoms with Crippen LogP contribution in [0.3, 0.4) is 0 Å². The number of aliphatic imine (C=N–C) groups is 1. The lowest BCUT2D eigenvalue weighted by molar-refractivity contribution is 0.415. The fourth-order valence-corrected chi connectivity index (χ4v) is 2.33. The third-order valence-corrected chi connectivity index (χ3v) is 3.83. The van der Waals surface area contributed by atoms with Crippen LogP contribution in [-0.4, -0.2) is 23.5 Å². The molecule has 0 aliphatic rings. The van der Waals surface area contributed by atoms with Gasteiger partial charge < -0.3 is 4.74 Å². The second kappa shape index (κ2) is 7.41. The van der Waals surface area contributed by atoms with Crippen molar-refractivity contribution in [3.05, 3.63) is 36.9 Å². The van der Waals surface area contributed by atoms with Gasteiger partial charge in [-0.05, 0) is 30.5 Å². The summed E-state index contributed by atoms with van der Waals surface area (Å²) in [5, 5.41) is 0. The predicted octanol–water partition coefficient (Wildman–Crippen LogP) is 3.96. The van der Waals surface area contributed by atoms with Crippen molar-refractivity contribution >= 4 is 33.6 Å². The largest absolute Gasteiger partial charge is 0.497 e. The number of nitrogens with zero attached hydrogens (tertiary/aromatic N) is 1. The molecule has 16 heavy (non-hydrogen) atoms. The van der Waals surface area contributed by atoms with Crippen LogP contribution in [0.1, 0.15) is 0 Å². The average Bonchev–Trinajstić information content (AvgIpc) is 2.35. The van der Waals surface area contributed by atoms with Crippen molar-refractivity contribution in [3.8, 4) is 5.75 Å². The summed E-state index contributed by atoms with van der Waals surface area (Å²) in [5.74, 6) is 1.74. The number of hydrogen-bond donors (Lipinski definition) is 0. The molecule has 0 amide bonds. The van der Waals surface area contributed by atoms with Gasteiger partial charge in [0.15, 0.2) is 0 Å². The van der Waals surface area contributed by atoms with E-state index in [0.717, 1.165) is 21.6 Å². The van der Waals surface area contributed by atoms with Crippen molar-refractivity contribution in [2.75, 3.05) is 19.1 Å². The number of hydrogen-bond acceptors (Lipinski definition) is 4. The Morgan fingerprint density at radius 2 is 2.12 bits per heavy atom. The molecule has 0 radical (unpaired) electrons. The van der Waals surface area contributed by atoms with E-state index in [2.05, 4.69) is 11.6 Å². The monoisotopic (exact) mass is 253 g/mol. The van der Waals surface area contributed by atoms with E-state index in [1.165, 1.54) is 0 Å². The minimum atomic E-state index is 0.850. The van der Waals surface area contributed by atoms with Crippen LogP contribution in [0.4, 0.5) is 5.69 Å². The van der Waals surface area contributed by atoms with E-state index in [0.29, 0.717) is 0 Å². The first-order chi connectivity index (χ1) is 7.80. The van der Waals surface area contributed by atoms with E-state index in [1.807, 2.05) is 36.6 Å². The summed E-state index contributed by atoms with van der Waals surface area (Å²) in [6.07, 6.45) is 3.91. The van der Waals surface area contributed by atoms with Crippen LogP contribution < -0.4 is 4.74 Å². The molecule has 1 rings (SSSR count). The standard InChI is InChI=1S/C12H15NOS2/c1-4-9-16-12(15-3)13-10-5-7-11(14-2)8-6-10/h4-8H,1,9H2,2-3H3. The minimum Gasteiger partial charge on any atom is -0.497 e. The molecule has 0 fully saturated rings. The molecular formula is C12H15NOS2. The second-order valence-corrected chi connectivity index (χ2v) is 4.94. The molecule has 0 heterocycles. The molecule has 2 nitrogen and oxygen atoms in total. The molecule has 0 bridgehead atoms. The second-order valence-electron chi connectivity index (χ2n) is 2.88. The summed E-state index contributed by atoms with van der Waals surface area (Å²) >= 11 is 3.34. The zero-order chi connectivity index (χ0) is 11.8. The highest BCUT2D eigenvalue weighted by Crippen LogP contribution is 2.23. The van der Waals surface area contributed by atoms with Gasteiger partial charge in [0, 0.05) is 5.75 Å². The van der Waals surface area contributed by atoms with E-state index in [4.69, 9.17) is 4.74 Å². The highest BCUT2D eigenvalue weighted by atomic mass is 32.2. The molecule has 0 saturated carbocycles. The van der Waals surface area contributed by atoms with Gasteiger partial charge in [0.1, 0.15) is 10.1 Å². The Kier molecular flexibility index (Phi) is 6.11. The van der Waals surface area contributed by atoms with E-state index in [1.54, 1.807) is 30.6 Å². The molecule has 86 valence electrons. The molecule has 0 aliphatic heterocycles. The first-order valence-electron chi connectivity index (χ1n) is 4.80. The van der Waals surface area contributed by atoms with Gasteiger partial charge in [-0.1, -0.05) is 17.8 Å². The van der Waals surface area contributed by atoms with Crippen LogP contribution in [0.5, 0.6) is 5.75 Å². The molecule has 0 N–H and O–H groups in total. The van der Waals surface area contributed by atoms with Gasteiger partial charge in [0.05, 0.1) is 12.8 Å². The third-order valence-electron chi connectivity index (χ3n) is 1.79. The van der Waals surface area contributed by atoms with Crippen molar-refractivity contribution < 1.29 is 4.74 Å². The molecule has 0 saturated heterocycles. The van der Waals surface area contributed by atoms with E-state index in [9.17, 15) is 0 Å².